The highest BCUT2D eigenvalue weighted by Gasteiger charge is 2.44. The van der Waals surface area contributed by atoms with Gasteiger partial charge in [0.2, 0.25) is 11.9 Å². The molecule has 256 valence electrons. The van der Waals surface area contributed by atoms with Gasteiger partial charge in [0.25, 0.3) is 0 Å². The monoisotopic (exact) mass is 677 g/mol. The first-order chi connectivity index (χ1) is 22.7. The van der Waals surface area contributed by atoms with Gasteiger partial charge >= 0.3 is 18.4 Å². The average molecular weight is 678 g/mol. The van der Waals surface area contributed by atoms with Crippen LogP contribution in [-0.4, -0.2) is 71.1 Å². The number of cyclic esters (lactones) is 1. The maximum atomic E-state index is 13.6. The van der Waals surface area contributed by atoms with E-state index in [2.05, 4.69) is 4.98 Å². The van der Waals surface area contributed by atoms with E-state index in [0.29, 0.717) is 53.5 Å². The molecule has 4 heterocycles. The summed E-state index contributed by atoms with van der Waals surface area (Å²) in [6, 6.07) is 5.72. The molecule has 0 bridgehead atoms. The molecule has 1 aromatic heterocycles. The number of carbonyl (C=O) groups excluding carboxylic acids is 2. The topological polar surface area (TPSA) is 88.1 Å². The van der Waals surface area contributed by atoms with Gasteiger partial charge in [-0.1, -0.05) is 6.07 Å². The summed E-state index contributed by atoms with van der Waals surface area (Å²) in [6.45, 7) is 4.28. The highest BCUT2D eigenvalue weighted by molar-refractivity contribution is 5.78. The standard InChI is InChI=1S/C33H33F6N5O4/c1-19-29(21-14-22(32(34,35)36)16-23(15-21)33(37,38)39)48-31(46)44(19)18-26-25(17-40-30(41-26)43-11-4-12-43)24-13-20(5-7-27(24)47-2)6-8-28(45)42-9-3-10-42/h5,7,13-17,19,29H,3-4,6,8-12,18H2,1-2H3. The zero-order valence-electron chi connectivity index (χ0n) is 26.2. The summed E-state index contributed by atoms with van der Waals surface area (Å²) in [5.74, 6) is 0.966. The molecule has 0 saturated carbocycles. The van der Waals surface area contributed by atoms with Gasteiger partial charge in [0.15, 0.2) is 0 Å². The van der Waals surface area contributed by atoms with Crippen LogP contribution in [0.1, 0.15) is 60.2 Å². The molecule has 3 aliphatic heterocycles. The number of hydrogen-bond donors (Lipinski definition) is 0. The molecule has 3 fully saturated rings. The molecule has 15 heteroatoms. The van der Waals surface area contributed by atoms with Crippen molar-refractivity contribution >= 4 is 17.9 Å². The zero-order valence-corrected chi connectivity index (χ0v) is 26.2. The van der Waals surface area contributed by atoms with Gasteiger partial charge in [-0.15, -0.1) is 0 Å². The lowest BCUT2D eigenvalue weighted by molar-refractivity contribution is -0.143. The minimum Gasteiger partial charge on any atom is -0.496 e. The van der Waals surface area contributed by atoms with Crippen LogP contribution in [0.25, 0.3) is 11.1 Å². The molecule has 0 spiro atoms. The fraction of sp³-hybridized carbons (Fsp3) is 0.455. The molecule has 48 heavy (non-hydrogen) atoms. The minimum atomic E-state index is -5.06. The van der Waals surface area contributed by atoms with Crippen molar-refractivity contribution in [2.75, 3.05) is 38.2 Å². The number of hydrogen-bond acceptors (Lipinski definition) is 7. The fourth-order valence-corrected chi connectivity index (χ4v) is 5.98. The first kappa shape index (κ1) is 33.3. The quantitative estimate of drug-likeness (QED) is 0.235. The van der Waals surface area contributed by atoms with E-state index in [1.807, 2.05) is 17.0 Å². The Morgan fingerprint density at radius 2 is 1.62 bits per heavy atom. The van der Waals surface area contributed by atoms with E-state index in [4.69, 9.17) is 14.5 Å². The van der Waals surface area contributed by atoms with Crippen molar-refractivity contribution < 1.29 is 45.4 Å². The Hall–Kier alpha value is -4.56. The van der Waals surface area contributed by atoms with Crippen LogP contribution >= 0.6 is 0 Å². The van der Waals surface area contributed by atoms with Crippen molar-refractivity contribution in [2.24, 2.45) is 0 Å². The Morgan fingerprint density at radius 1 is 0.958 bits per heavy atom. The van der Waals surface area contributed by atoms with Gasteiger partial charge in [0.1, 0.15) is 11.9 Å². The van der Waals surface area contributed by atoms with E-state index in [0.717, 1.165) is 44.6 Å². The smallest absolute Gasteiger partial charge is 0.416 e. The molecular formula is C33H33F6N5O4. The van der Waals surface area contributed by atoms with Crippen LogP contribution in [0.15, 0.2) is 42.6 Å². The number of amides is 2. The maximum Gasteiger partial charge on any atom is 0.416 e. The summed E-state index contributed by atoms with van der Waals surface area (Å²) in [4.78, 5) is 40.0. The molecule has 2 unspecified atom stereocenters. The number of carbonyl (C=O) groups is 2. The number of rotatable bonds is 9. The van der Waals surface area contributed by atoms with Gasteiger partial charge in [0, 0.05) is 49.9 Å². The summed E-state index contributed by atoms with van der Waals surface area (Å²) in [5, 5.41) is 0. The molecule has 2 aromatic carbocycles. The SMILES string of the molecule is COc1ccc(CCC(=O)N2CCC2)cc1-c1cnc(N2CCC2)nc1CN1C(=O)OC(c2cc(C(F)(F)F)cc(C(F)(F)F)c2)C1C. The van der Waals surface area contributed by atoms with Crippen molar-refractivity contribution in [1.29, 1.82) is 0 Å². The summed E-state index contributed by atoms with van der Waals surface area (Å²) in [7, 11) is 1.50. The van der Waals surface area contributed by atoms with Crippen molar-refractivity contribution in [2.45, 2.75) is 63.7 Å². The van der Waals surface area contributed by atoms with E-state index < -0.39 is 47.3 Å². The minimum absolute atomic E-state index is 0.0373. The van der Waals surface area contributed by atoms with E-state index in [1.54, 1.807) is 17.2 Å². The predicted octanol–water partition coefficient (Wildman–Crippen LogP) is 6.65. The molecule has 6 rings (SSSR count). The number of methoxy groups -OCH3 is 1. The van der Waals surface area contributed by atoms with Gasteiger partial charge in [-0.2, -0.15) is 26.3 Å². The third-order valence-electron chi connectivity index (χ3n) is 9.03. The van der Waals surface area contributed by atoms with Gasteiger partial charge in [-0.25, -0.2) is 14.8 Å². The Kier molecular flexibility index (Phi) is 8.90. The largest absolute Gasteiger partial charge is 0.496 e. The number of aromatic nitrogens is 2. The van der Waals surface area contributed by atoms with Crippen molar-refractivity contribution in [3.8, 4) is 16.9 Å². The van der Waals surface area contributed by atoms with Crippen LogP contribution in [0.5, 0.6) is 5.75 Å². The van der Waals surface area contributed by atoms with Crippen LogP contribution in [0.4, 0.5) is 37.1 Å². The molecule has 0 radical (unpaired) electrons. The fourth-order valence-electron chi connectivity index (χ4n) is 5.98. The van der Waals surface area contributed by atoms with E-state index in [-0.39, 0.29) is 18.5 Å². The lowest BCUT2D eigenvalue weighted by Crippen LogP contribution is -2.42. The van der Waals surface area contributed by atoms with Crippen LogP contribution in [-0.2, 0) is 34.8 Å². The van der Waals surface area contributed by atoms with E-state index >= 15 is 0 Å². The first-order valence-electron chi connectivity index (χ1n) is 15.6. The van der Waals surface area contributed by atoms with Gasteiger partial charge in [-0.3, -0.25) is 9.69 Å². The second-order valence-corrected chi connectivity index (χ2v) is 12.2. The van der Waals surface area contributed by atoms with Crippen LogP contribution in [0.2, 0.25) is 0 Å². The Labute approximate surface area is 272 Å². The number of anilines is 1. The van der Waals surface area contributed by atoms with Crippen molar-refractivity contribution in [3.63, 3.8) is 0 Å². The van der Waals surface area contributed by atoms with Crippen LogP contribution in [0, 0.1) is 0 Å². The number of nitrogens with zero attached hydrogens (tertiary/aromatic N) is 5. The van der Waals surface area contributed by atoms with Gasteiger partial charge in [-0.05, 0) is 67.6 Å². The zero-order chi connectivity index (χ0) is 34.4. The molecule has 3 saturated heterocycles. The van der Waals surface area contributed by atoms with Gasteiger partial charge in [0.05, 0.1) is 36.5 Å². The Morgan fingerprint density at radius 3 is 2.19 bits per heavy atom. The summed E-state index contributed by atoms with van der Waals surface area (Å²) in [5.41, 5.74) is -1.07. The van der Waals surface area contributed by atoms with Crippen molar-refractivity contribution in [1.82, 2.24) is 19.8 Å². The first-order valence-corrected chi connectivity index (χ1v) is 15.6. The van der Waals surface area contributed by atoms with E-state index in [1.165, 1.54) is 18.9 Å². The highest BCUT2D eigenvalue weighted by Crippen LogP contribution is 2.42. The summed E-state index contributed by atoms with van der Waals surface area (Å²) in [6.07, 6.45) is -8.10. The summed E-state index contributed by atoms with van der Waals surface area (Å²) < 4.78 is 92.7. The lowest BCUT2D eigenvalue weighted by atomic mass is 9.97. The molecule has 9 nitrogen and oxygen atoms in total. The third kappa shape index (κ3) is 6.72. The van der Waals surface area contributed by atoms with Crippen LogP contribution < -0.4 is 9.64 Å². The molecule has 2 atom stereocenters. The molecule has 0 aliphatic carbocycles. The molecule has 2 amide bonds. The maximum absolute atomic E-state index is 13.6. The third-order valence-corrected chi connectivity index (χ3v) is 9.03. The molecule has 0 N–H and O–H groups in total. The average Bonchev–Trinajstić information content (AvgIpc) is 3.25. The number of ether oxygens (including phenoxy) is 2. The van der Waals surface area contributed by atoms with E-state index in [9.17, 15) is 35.9 Å². The number of alkyl halides is 6. The second kappa shape index (κ2) is 12.8. The van der Waals surface area contributed by atoms with Gasteiger partial charge < -0.3 is 19.3 Å². The Bertz CT molecular complexity index is 1670. The Balaban J connectivity index is 1.33. The normalized spacial score (nSPS) is 19.6. The van der Waals surface area contributed by atoms with Crippen molar-refractivity contribution in [3.05, 3.63) is 70.5 Å². The number of halogens is 6. The lowest BCUT2D eigenvalue weighted by Gasteiger charge is -2.31. The molecule has 3 aliphatic rings. The summed E-state index contributed by atoms with van der Waals surface area (Å²) >= 11 is 0. The molecular weight excluding hydrogens is 644 g/mol. The number of aryl methyl sites for hydroxylation is 1. The van der Waals surface area contributed by atoms with Crippen LogP contribution in [0.3, 0.4) is 0 Å². The second-order valence-electron chi connectivity index (χ2n) is 12.2. The molecule has 3 aromatic rings. The highest BCUT2D eigenvalue weighted by atomic mass is 19.4. The number of benzene rings is 2. The predicted molar refractivity (Wildman–Crippen MR) is 161 cm³/mol. The number of likely N-dealkylation sites (tertiary alicyclic amines) is 1.